The highest BCUT2D eigenvalue weighted by Crippen LogP contribution is 2.20. The second-order valence-corrected chi connectivity index (χ2v) is 3.75. The van der Waals surface area contributed by atoms with Gasteiger partial charge in [0.1, 0.15) is 6.61 Å². The molecule has 14 heavy (non-hydrogen) atoms. The molecule has 0 unspecified atom stereocenters. The van der Waals surface area contributed by atoms with Crippen LogP contribution in [-0.2, 0) is 0 Å². The van der Waals surface area contributed by atoms with Crippen LogP contribution >= 0.6 is 11.6 Å². The zero-order valence-electron chi connectivity index (χ0n) is 7.87. The van der Waals surface area contributed by atoms with Gasteiger partial charge in [-0.25, -0.2) is 4.98 Å². The van der Waals surface area contributed by atoms with Crippen LogP contribution in [0.2, 0.25) is 5.15 Å². The Balaban J connectivity index is 1.88. The first-order valence-electron chi connectivity index (χ1n) is 4.83. The smallest absolute Gasteiger partial charge is 0.171 e. The van der Waals surface area contributed by atoms with E-state index in [2.05, 4.69) is 10.3 Å². The minimum absolute atomic E-state index is 0.436. The van der Waals surface area contributed by atoms with Crippen molar-refractivity contribution in [2.75, 3.05) is 13.2 Å². The lowest BCUT2D eigenvalue weighted by Crippen LogP contribution is -2.28. The molecule has 1 saturated heterocycles. The van der Waals surface area contributed by atoms with Gasteiger partial charge in [0.15, 0.2) is 10.9 Å². The molecule has 1 fully saturated rings. The molecule has 0 saturated carbocycles. The van der Waals surface area contributed by atoms with Crippen molar-refractivity contribution in [3.8, 4) is 5.75 Å². The number of nitrogens with zero attached hydrogens (tertiary/aromatic N) is 1. The first-order chi connectivity index (χ1) is 6.86. The molecule has 1 aromatic rings. The minimum atomic E-state index is 0.436. The van der Waals surface area contributed by atoms with E-state index in [1.165, 1.54) is 12.8 Å². The predicted molar refractivity (Wildman–Crippen MR) is 55.8 cm³/mol. The van der Waals surface area contributed by atoms with Gasteiger partial charge in [-0.1, -0.05) is 11.6 Å². The molecule has 76 valence electrons. The molecular formula is C10H13ClN2O. The summed E-state index contributed by atoms with van der Waals surface area (Å²) < 4.78 is 5.56. The summed E-state index contributed by atoms with van der Waals surface area (Å²) in [6.45, 7) is 1.76. The second kappa shape index (κ2) is 4.62. The van der Waals surface area contributed by atoms with E-state index in [4.69, 9.17) is 16.3 Å². The standard InChI is InChI=1S/C10H13ClN2O/c11-10-9(4-2-6-13-10)14-7-8-3-1-5-12-8/h2,4,6,8,12H,1,3,5,7H2/t8-/m1/s1. The zero-order valence-corrected chi connectivity index (χ0v) is 8.63. The molecule has 1 N–H and O–H groups in total. The molecule has 1 aliphatic rings. The number of pyridine rings is 1. The average Bonchev–Trinajstić information content (AvgIpc) is 2.69. The van der Waals surface area contributed by atoms with Crippen LogP contribution in [0, 0.1) is 0 Å². The van der Waals surface area contributed by atoms with Gasteiger partial charge < -0.3 is 10.1 Å². The van der Waals surface area contributed by atoms with E-state index in [1.54, 1.807) is 6.20 Å². The highest BCUT2D eigenvalue weighted by molar-refractivity contribution is 6.30. The Hall–Kier alpha value is -0.800. The molecule has 2 heterocycles. The highest BCUT2D eigenvalue weighted by Gasteiger charge is 2.14. The largest absolute Gasteiger partial charge is 0.489 e. The van der Waals surface area contributed by atoms with Crippen LogP contribution in [0.25, 0.3) is 0 Å². The summed E-state index contributed by atoms with van der Waals surface area (Å²) in [5.74, 6) is 0.669. The van der Waals surface area contributed by atoms with Crippen LogP contribution in [0.3, 0.4) is 0 Å². The summed E-state index contributed by atoms with van der Waals surface area (Å²) in [6.07, 6.45) is 4.07. The van der Waals surface area contributed by atoms with Crippen molar-refractivity contribution in [1.29, 1.82) is 0 Å². The van der Waals surface area contributed by atoms with Crippen LogP contribution in [0.4, 0.5) is 0 Å². The van der Waals surface area contributed by atoms with Crippen LogP contribution in [0.1, 0.15) is 12.8 Å². The lowest BCUT2D eigenvalue weighted by atomic mass is 10.2. The van der Waals surface area contributed by atoms with Gasteiger partial charge in [0.05, 0.1) is 0 Å². The molecule has 0 bridgehead atoms. The zero-order chi connectivity index (χ0) is 9.80. The van der Waals surface area contributed by atoms with Crippen LogP contribution in [-0.4, -0.2) is 24.2 Å². The number of ether oxygens (including phenoxy) is 1. The van der Waals surface area contributed by atoms with Gasteiger partial charge in [-0.2, -0.15) is 0 Å². The maximum Gasteiger partial charge on any atom is 0.171 e. The van der Waals surface area contributed by atoms with Crippen molar-refractivity contribution in [1.82, 2.24) is 10.3 Å². The Morgan fingerprint density at radius 2 is 2.57 bits per heavy atom. The summed E-state index contributed by atoms with van der Waals surface area (Å²) in [6, 6.07) is 4.12. The van der Waals surface area contributed by atoms with Crippen molar-refractivity contribution in [2.45, 2.75) is 18.9 Å². The average molecular weight is 213 g/mol. The van der Waals surface area contributed by atoms with Crippen molar-refractivity contribution < 1.29 is 4.74 Å². The minimum Gasteiger partial charge on any atom is -0.489 e. The summed E-state index contributed by atoms with van der Waals surface area (Å²) in [7, 11) is 0. The van der Waals surface area contributed by atoms with E-state index < -0.39 is 0 Å². The Kier molecular flexibility index (Phi) is 3.22. The number of halogens is 1. The summed E-state index contributed by atoms with van der Waals surface area (Å²) in [5.41, 5.74) is 0. The van der Waals surface area contributed by atoms with Gasteiger partial charge in [-0.3, -0.25) is 0 Å². The van der Waals surface area contributed by atoms with Gasteiger partial charge in [0, 0.05) is 12.2 Å². The maximum absolute atomic E-state index is 5.85. The SMILES string of the molecule is Clc1ncccc1OC[C@H]1CCCN1. The number of nitrogens with one attached hydrogen (secondary N) is 1. The third kappa shape index (κ3) is 2.36. The molecule has 0 amide bonds. The predicted octanol–water partition coefficient (Wildman–Crippen LogP) is 1.87. The van der Waals surface area contributed by atoms with Crippen LogP contribution < -0.4 is 10.1 Å². The summed E-state index contributed by atoms with van der Waals surface area (Å²) in [5, 5.41) is 3.79. The number of hydrogen-bond acceptors (Lipinski definition) is 3. The Bertz CT molecular complexity index is 300. The fraction of sp³-hybridized carbons (Fsp3) is 0.500. The Morgan fingerprint density at radius 1 is 1.64 bits per heavy atom. The van der Waals surface area contributed by atoms with E-state index in [9.17, 15) is 0 Å². The normalized spacial score (nSPS) is 21.1. The van der Waals surface area contributed by atoms with Gasteiger partial charge in [0.2, 0.25) is 0 Å². The van der Waals surface area contributed by atoms with Crippen molar-refractivity contribution in [2.24, 2.45) is 0 Å². The highest BCUT2D eigenvalue weighted by atomic mass is 35.5. The number of rotatable bonds is 3. The lowest BCUT2D eigenvalue weighted by molar-refractivity contribution is 0.276. The molecule has 1 aromatic heterocycles. The van der Waals surface area contributed by atoms with E-state index in [0.29, 0.717) is 23.6 Å². The first kappa shape index (κ1) is 9.74. The molecule has 0 aromatic carbocycles. The van der Waals surface area contributed by atoms with Gasteiger partial charge in [-0.15, -0.1) is 0 Å². The van der Waals surface area contributed by atoms with Crippen LogP contribution in [0.15, 0.2) is 18.3 Å². The van der Waals surface area contributed by atoms with Crippen molar-refractivity contribution in [3.05, 3.63) is 23.5 Å². The molecule has 0 aliphatic carbocycles. The molecule has 1 atom stereocenters. The third-order valence-electron chi connectivity index (χ3n) is 2.33. The molecule has 2 rings (SSSR count). The van der Waals surface area contributed by atoms with E-state index >= 15 is 0 Å². The van der Waals surface area contributed by atoms with Gasteiger partial charge in [0.25, 0.3) is 0 Å². The Labute approximate surface area is 88.4 Å². The molecule has 3 nitrogen and oxygen atoms in total. The topological polar surface area (TPSA) is 34.1 Å². The summed E-state index contributed by atoms with van der Waals surface area (Å²) >= 11 is 5.85. The summed E-state index contributed by atoms with van der Waals surface area (Å²) in [4.78, 5) is 3.94. The molecule has 4 heteroatoms. The van der Waals surface area contributed by atoms with Gasteiger partial charge in [-0.05, 0) is 31.5 Å². The van der Waals surface area contributed by atoms with E-state index in [-0.39, 0.29) is 0 Å². The van der Waals surface area contributed by atoms with E-state index in [0.717, 1.165) is 6.54 Å². The van der Waals surface area contributed by atoms with E-state index in [1.807, 2.05) is 12.1 Å². The van der Waals surface area contributed by atoms with Crippen molar-refractivity contribution in [3.63, 3.8) is 0 Å². The fourth-order valence-electron chi connectivity index (χ4n) is 1.57. The quantitative estimate of drug-likeness (QED) is 0.777. The second-order valence-electron chi connectivity index (χ2n) is 3.40. The third-order valence-corrected chi connectivity index (χ3v) is 2.61. The van der Waals surface area contributed by atoms with Gasteiger partial charge >= 0.3 is 0 Å². The van der Waals surface area contributed by atoms with Crippen LogP contribution in [0.5, 0.6) is 5.75 Å². The molecule has 0 spiro atoms. The molecule has 1 aliphatic heterocycles. The molecule has 0 radical (unpaired) electrons. The first-order valence-corrected chi connectivity index (χ1v) is 5.21. The molecular weight excluding hydrogens is 200 g/mol. The monoisotopic (exact) mass is 212 g/mol. The maximum atomic E-state index is 5.85. The Morgan fingerprint density at radius 3 is 3.29 bits per heavy atom. The van der Waals surface area contributed by atoms with Crippen molar-refractivity contribution >= 4 is 11.6 Å². The lowest BCUT2D eigenvalue weighted by Gasteiger charge is -2.12. The number of hydrogen-bond donors (Lipinski definition) is 1. The fourth-order valence-corrected chi connectivity index (χ4v) is 1.74. The number of aromatic nitrogens is 1.